The van der Waals surface area contributed by atoms with Crippen molar-refractivity contribution >= 4 is 27.0 Å². The molecular weight excluding hydrogens is 426 g/mol. The van der Waals surface area contributed by atoms with E-state index in [1.807, 2.05) is 32.9 Å². The Morgan fingerprint density at radius 3 is 2.69 bits per heavy atom. The van der Waals surface area contributed by atoms with Gasteiger partial charge in [-0.15, -0.1) is 0 Å². The molecule has 3 aromatic rings. The molecule has 1 saturated heterocycles. The van der Waals surface area contributed by atoms with Crippen molar-refractivity contribution in [3.05, 3.63) is 36.2 Å². The number of hydrogen-bond acceptors (Lipinski definition) is 7. The van der Waals surface area contributed by atoms with E-state index in [1.165, 1.54) is 6.33 Å². The molecule has 1 atom stereocenters. The third-order valence-corrected chi connectivity index (χ3v) is 8.56. The Morgan fingerprint density at radius 1 is 1.19 bits per heavy atom. The standard InChI is InChI=1S/C22H29N7O2S/c1-22(2,3)28-11-15-9-14(6-7-19(15)32(28,30)31)17-10-18(27-8-4-5-16(23)12-27)20-21(24)25-13-26-29(17)20/h6-7,9-10,13,16H,4-5,8,11-12,23H2,1-3H3,(H2,24,25,26). The summed E-state index contributed by atoms with van der Waals surface area (Å²) in [7, 11) is -3.51. The Labute approximate surface area is 188 Å². The molecule has 32 heavy (non-hydrogen) atoms. The third-order valence-electron chi connectivity index (χ3n) is 6.35. The van der Waals surface area contributed by atoms with E-state index in [2.05, 4.69) is 21.0 Å². The van der Waals surface area contributed by atoms with Gasteiger partial charge in [-0.2, -0.15) is 9.40 Å². The van der Waals surface area contributed by atoms with Crippen LogP contribution >= 0.6 is 0 Å². The zero-order valence-corrected chi connectivity index (χ0v) is 19.4. The number of nitrogen functional groups attached to an aromatic ring is 1. The van der Waals surface area contributed by atoms with Gasteiger partial charge in [-0.3, -0.25) is 0 Å². The Balaban J connectivity index is 1.64. The lowest BCUT2D eigenvalue weighted by atomic mass is 10.0. The molecule has 0 amide bonds. The summed E-state index contributed by atoms with van der Waals surface area (Å²) in [6.45, 7) is 7.72. The fourth-order valence-electron chi connectivity index (χ4n) is 4.79. The summed E-state index contributed by atoms with van der Waals surface area (Å²) in [5, 5.41) is 4.47. The van der Waals surface area contributed by atoms with E-state index >= 15 is 0 Å². The fraction of sp³-hybridized carbons (Fsp3) is 0.455. The number of nitrogens with zero attached hydrogens (tertiary/aromatic N) is 5. The van der Waals surface area contributed by atoms with E-state index in [1.54, 1.807) is 14.9 Å². The molecule has 0 spiro atoms. The number of sulfonamides is 1. The van der Waals surface area contributed by atoms with Gasteiger partial charge in [-0.25, -0.2) is 17.9 Å². The van der Waals surface area contributed by atoms with Gasteiger partial charge in [0.2, 0.25) is 10.0 Å². The van der Waals surface area contributed by atoms with Crippen LogP contribution in [0.5, 0.6) is 0 Å². The molecule has 9 nitrogen and oxygen atoms in total. The highest BCUT2D eigenvalue weighted by Gasteiger charge is 2.41. The van der Waals surface area contributed by atoms with Gasteiger partial charge in [0.15, 0.2) is 5.82 Å². The van der Waals surface area contributed by atoms with Crippen molar-refractivity contribution in [1.29, 1.82) is 0 Å². The minimum absolute atomic E-state index is 0.113. The minimum Gasteiger partial charge on any atom is -0.382 e. The molecule has 170 valence electrons. The Kier molecular flexibility index (Phi) is 4.74. The van der Waals surface area contributed by atoms with Gasteiger partial charge in [0.05, 0.1) is 16.3 Å². The fourth-order valence-corrected chi connectivity index (χ4v) is 6.76. The van der Waals surface area contributed by atoms with Gasteiger partial charge in [0.25, 0.3) is 0 Å². The van der Waals surface area contributed by atoms with Gasteiger partial charge < -0.3 is 16.4 Å². The molecule has 0 bridgehead atoms. The number of rotatable bonds is 2. The predicted molar refractivity (Wildman–Crippen MR) is 125 cm³/mol. The van der Waals surface area contributed by atoms with Crippen LogP contribution in [0.1, 0.15) is 39.2 Å². The maximum Gasteiger partial charge on any atom is 0.244 e. The lowest BCUT2D eigenvalue weighted by molar-refractivity contribution is 0.252. The second-order valence-electron chi connectivity index (χ2n) is 9.67. The van der Waals surface area contributed by atoms with Crippen LogP contribution in [0.2, 0.25) is 0 Å². The van der Waals surface area contributed by atoms with E-state index in [4.69, 9.17) is 11.5 Å². The van der Waals surface area contributed by atoms with Crippen molar-refractivity contribution < 1.29 is 8.42 Å². The average molecular weight is 456 g/mol. The van der Waals surface area contributed by atoms with Crippen molar-refractivity contribution in [2.75, 3.05) is 23.7 Å². The van der Waals surface area contributed by atoms with Crippen LogP contribution in [0, 0.1) is 0 Å². The van der Waals surface area contributed by atoms with E-state index in [9.17, 15) is 8.42 Å². The highest BCUT2D eigenvalue weighted by atomic mass is 32.2. The van der Waals surface area contributed by atoms with Crippen LogP contribution in [0.3, 0.4) is 0 Å². The number of nitrogens with two attached hydrogens (primary N) is 2. The lowest BCUT2D eigenvalue weighted by Gasteiger charge is -2.32. The van der Waals surface area contributed by atoms with Crippen LogP contribution in [-0.2, 0) is 16.6 Å². The SMILES string of the molecule is CC(C)(C)N1Cc2cc(-c3cc(N4CCCC(N)C4)c4c(N)ncnn34)ccc2S1(=O)=O. The zero-order valence-electron chi connectivity index (χ0n) is 18.6. The molecule has 10 heteroatoms. The largest absolute Gasteiger partial charge is 0.382 e. The number of benzene rings is 1. The smallest absolute Gasteiger partial charge is 0.244 e. The first-order valence-corrected chi connectivity index (χ1v) is 12.3. The van der Waals surface area contributed by atoms with Gasteiger partial charge in [-0.05, 0) is 57.4 Å². The second-order valence-corrected chi connectivity index (χ2v) is 11.5. The summed E-state index contributed by atoms with van der Waals surface area (Å²) in [6, 6.07) is 7.66. The van der Waals surface area contributed by atoms with E-state index in [0.717, 1.165) is 54.0 Å². The molecule has 1 unspecified atom stereocenters. The maximum absolute atomic E-state index is 13.0. The van der Waals surface area contributed by atoms with Crippen LogP contribution in [0.25, 0.3) is 16.8 Å². The van der Waals surface area contributed by atoms with E-state index in [-0.39, 0.29) is 6.04 Å². The van der Waals surface area contributed by atoms with E-state index in [0.29, 0.717) is 17.3 Å². The molecule has 4 heterocycles. The number of anilines is 2. The van der Waals surface area contributed by atoms with Crippen molar-refractivity contribution in [1.82, 2.24) is 18.9 Å². The highest BCUT2D eigenvalue weighted by molar-refractivity contribution is 7.89. The quantitative estimate of drug-likeness (QED) is 0.607. The highest BCUT2D eigenvalue weighted by Crippen LogP contribution is 2.40. The second kappa shape index (κ2) is 7.16. The Morgan fingerprint density at radius 2 is 1.97 bits per heavy atom. The molecule has 0 saturated carbocycles. The normalized spacial score (nSPS) is 21.2. The first-order valence-electron chi connectivity index (χ1n) is 10.9. The van der Waals surface area contributed by atoms with E-state index < -0.39 is 15.6 Å². The molecule has 1 fully saturated rings. The molecule has 2 aromatic heterocycles. The van der Waals surface area contributed by atoms with Crippen LogP contribution in [0.4, 0.5) is 11.5 Å². The molecule has 0 aliphatic carbocycles. The molecule has 2 aliphatic heterocycles. The number of piperidine rings is 1. The van der Waals surface area contributed by atoms with Gasteiger partial charge in [-0.1, -0.05) is 6.07 Å². The Bertz CT molecular complexity index is 1310. The van der Waals surface area contributed by atoms with Crippen molar-refractivity contribution in [3.63, 3.8) is 0 Å². The molecular formula is C22H29N7O2S. The summed E-state index contributed by atoms with van der Waals surface area (Å²) < 4.78 is 29.4. The summed E-state index contributed by atoms with van der Waals surface area (Å²) in [5.74, 6) is 0.406. The zero-order chi connectivity index (χ0) is 22.8. The lowest BCUT2D eigenvalue weighted by Crippen LogP contribution is -2.42. The monoisotopic (exact) mass is 455 g/mol. The van der Waals surface area contributed by atoms with Crippen LogP contribution in [0.15, 0.2) is 35.5 Å². The molecule has 1 aromatic carbocycles. The summed E-state index contributed by atoms with van der Waals surface area (Å²) >= 11 is 0. The minimum atomic E-state index is -3.51. The summed E-state index contributed by atoms with van der Waals surface area (Å²) in [5.41, 5.74) is 16.2. The first-order chi connectivity index (χ1) is 15.1. The van der Waals surface area contributed by atoms with Gasteiger partial charge in [0, 0.05) is 36.8 Å². The van der Waals surface area contributed by atoms with Crippen LogP contribution in [-0.4, -0.2) is 52.0 Å². The molecule has 5 rings (SSSR count). The Hall–Kier alpha value is -2.69. The summed E-state index contributed by atoms with van der Waals surface area (Å²) in [6.07, 6.45) is 3.46. The third kappa shape index (κ3) is 3.25. The number of hydrogen-bond donors (Lipinski definition) is 2. The molecule has 4 N–H and O–H groups in total. The van der Waals surface area contributed by atoms with Crippen molar-refractivity contribution in [2.24, 2.45) is 5.73 Å². The van der Waals surface area contributed by atoms with Crippen LogP contribution < -0.4 is 16.4 Å². The number of aromatic nitrogens is 3. The topological polar surface area (TPSA) is 123 Å². The molecule has 0 radical (unpaired) electrons. The molecule has 2 aliphatic rings. The maximum atomic E-state index is 13.0. The van der Waals surface area contributed by atoms with Crippen molar-refractivity contribution in [3.8, 4) is 11.3 Å². The van der Waals surface area contributed by atoms with Crippen molar-refractivity contribution in [2.45, 2.75) is 56.6 Å². The van der Waals surface area contributed by atoms with Gasteiger partial charge >= 0.3 is 0 Å². The predicted octanol–water partition coefficient (Wildman–Crippen LogP) is 2.21. The summed E-state index contributed by atoms with van der Waals surface area (Å²) in [4.78, 5) is 6.82. The average Bonchev–Trinajstić information content (AvgIpc) is 3.24. The van der Waals surface area contributed by atoms with Gasteiger partial charge in [0.1, 0.15) is 11.8 Å². The first kappa shape index (κ1) is 21.2. The number of fused-ring (bicyclic) bond motifs is 2.